The highest BCUT2D eigenvalue weighted by Crippen LogP contribution is 2.37. The van der Waals surface area contributed by atoms with Gasteiger partial charge in [-0.3, -0.25) is 4.90 Å². The number of aromatic carboxylic acids is 1. The summed E-state index contributed by atoms with van der Waals surface area (Å²) in [5.74, 6) is -0.202. The average Bonchev–Trinajstić information content (AvgIpc) is 2.76. The topological polar surface area (TPSA) is 108 Å². The van der Waals surface area contributed by atoms with Crippen LogP contribution in [-0.2, 0) is 4.74 Å². The van der Waals surface area contributed by atoms with Crippen molar-refractivity contribution in [2.24, 2.45) is 5.92 Å². The lowest BCUT2D eigenvalue weighted by atomic mass is 9.79. The lowest BCUT2D eigenvalue weighted by Crippen LogP contribution is -2.37. The van der Waals surface area contributed by atoms with Crippen molar-refractivity contribution in [3.63, 3.8) is 0 Å². The number of carboxylic acids is 1. The van der Waals surface area contributed by atoms with E-state index in [9.17, 15) is 9.90 Å². The van der Waals surface area contributed by atoms with Crippen LogP contribution in [0.2, 0.25) is 0 Å². The summed E-state index contributed by atoms with van der Waals surface area (Å²) >= 11 is 0. The first-order valence-corrected chi connectivity index (χ1v) is 11.2. The summed E-state index contributed by atoms with van der Waals surface area (Å²) in [7, 11) is 0. The predicted octanol–water partition coefficient (Wildman–Crippen LogP) is 3.79. The van der Waals surface area contributed by atoms with E-state index < -0.39 is 5.97 Å². The zero-order chi connectivity index (χ0) is 22.3. The first kappa shape index (κ1) is 22.2. The van der Waals surface area contributed by atoms with Crippen LogP contribution in [0.5, 0.6) is 5.75 Å². The predicted molar refractivity (Wildman–Crippen MR) is 122 cm³/mol. The molecule has 2 aliphatic rings. The van der Waals surface area contributed by atoms with Crippen LogP contribution in [0, 0.1) is 11.3 Å². The van der Waals surface area contributed by atoms with Crippen molar-refractivity contribution in [2.45, 2.75) is 25.7 Å². The van der Waals surface area contributed by atoms with E-state index in [1.54, 1.807) is 0 Å². The molecule has 32 heavy (non-hydrogen) atoms. The van der Waals surface area contributed by atoms with E-state index in [1.807, 2.05) is 30.3 Å². The Bertz CT molecular complexity index is 941. The number of morpholine rings is 1. The molecule has 1 aliphatic carbocycles. The van der Waals surface area contributed by atoms with Gasteiger partial charge in [-0.05, 0) is 31.4 Å². The van der Waals surface area contributed by atoms with Crippen LogP contribution in [-0.4, -0.2) is 66.1 Å². The van der Waals surface area contributed by atoms with Gasteiger partial charge in [0.1, 0.15) is 11.6 Å². The SMILES string of the molecule is N=C(c1c(OCCCN2CCOCC2)cc(C(=O)O)nc1Nc1ccccc1)C1CCC1. The van der Waals surface area contributed by atoms with Crippen LogP contribution in [0.15, 0.2) is 36.4 Å². The number of hydrogen-bond acceptors (Lipinski definition) is 7. The van der Waals surface area contributed by atoms with E-state index in [4.69, 9.17) is 14.9 Å². The van der Waals surface area contributed by atoms with Crippen LogP contribution in [0.1, 0.15) is 41.7 Å². The zero-order valence-electron chi connectivity index (χ0n) is 18.2. The van der Waals surface area contributed by atoms with E-state index in [0.717, 1.165) is 64.2 Å². The van der Waals surface area contributed by atoms with Crippen LogP contribution in [0.25, 0.3) is 0 Å². The molecule has 2 aromatic rings. The molecule has 0 amide bonds. The Morgan fingerprint density at radius 2 is 2.00 bits per heavy atom. The number of carboxylic acid groups (broad SMARTS) is 1. The fraction of sp³-hybridized carbons (Fsp3) is 0.458. The van der Waals surface area contributed by atoms with E-state index in [2.05, 4.69) is 15.2 Å². The standard InChI is InChI=1S/C24H30N4O4/c25-22(17-6-4-7-17)21-20(32-13-5-10-28-11-14-31-15-12-28)16-19(24(29)30)27-23(21)26-18-8-2-1-3-9-18/h1-3,8-9,16-17,25H,4-7,10-15H2,(H,26,27)(H,29,30). The molecule has 1 saturated carbocycles. The molecule has 1 saturated heterocycles. The van der Waals surface area contributed by atoms with Gasteiger partial charge >= 0.3 is 5.97 Å². The number of benzene rings is 1. The highest BCUT2D eigenvalue weighted by atomic mass is 16.5. The highest BCUT2D eigenvalue weighted by Gasteiger charge is 2.29. The van der Waals surface area contributed by atoms with E-state index >= 15 is 0 Å². The molecule has 1 aromatic carbocycles. The Hall–Kier alpha value is -2.97. The third-order valence-corrected chi connectivity index (χ3v) is 6.00. The quantitative estimate of drug-likeness (QED) is 0.383. The van der Waals surface area contributed by atoms with Crippen LogP contribution in [0.4, 0.5) is 11.5 Å². The van der Waals surface area contributed by atoms with Gasteiger partial charge < -0.3 is 25.3 Å². The first-order chi connectivity index (χ1) is 15.6. The number of pyridine rings is 1. The third-order valence-electron chi connectivity index (χ3n) is 6.00. The fourth-order valence-corrected chi connectivity index (χ4v) is 3.95. The maximum absolute atomic E-state index is 11.8. The number of nitrogens with one attached hydrogen (secondary N) is 2. The number of hydrogen-bond donors (Lipinski definition) is 3. The molecule has 0 radical (unpaired) electrons. The lowest BCUT2D eigenvalue weighted by Gasteiger charge is -2.28. The van der Waals surface area contributed by atoms with Gasteiger partial charge in [-0.15, -0.1) is 0 Å². The summed E-state index contributed by atoms with van der Waals surface area (Å²) < 4.78 is 11.5. The van der Waals surface area contributed by atoms with Crippen molar-refractivity contribution >= 4 is 23.2 Å². The molecule has 8 heteroatoms. The summed E-state index contributed by atoms with van der Waals surface area (Å²) in [4.78, 5) is 18.4. The summed E-state index contributed by atoms with van der Waals surface area (Å²) in [6.45, 7) is 4.68. The molecule has 0 bridgehead atoms. The van der Waals surface area contributed by atoms with Gasteiger partial charge in [0.05, 0.1) is 25.4 Å². The highest BCUT2D eigenvalue weighted by molar-refractivity contribution is 6.07. The average molecular weight is 439 g/mol. The van der Waals surface area contributed by atoms with Gasteiger partial charge in [0.15, 0.2) is 5.69 Å². The second-order valence-corrected chi connectivity index (χ2v) is 8.22. The van der Waals surface area contributed by atoms with Crippen LogP contribution in [0.3, 0.4) is 0 Å². The van der Waals surface area contributed by atoms with Crippen molar-refractivity contribution in [1.82, 2.24) is 9.88 Å². The van der Waals surface area contributed by atoms with Crippen molar-refractivity contribution in [3.05, 3.63) is 47.7 Å². The molecule has 1 aliphatic heterocycles. The minimum absolute atomic E-state index is 0.100. The molecule has 170 valence electrons. The van der Waals surface area contributed by atoms with E-state index in [1.165, 1.54) is 6.07 Å². The number of aromatic nitrogens is 1. The number of rotatable bonds is 10. The fourth-order valence-electron chi connectivity index (χ4n) is 3.95. The number of nitrogens with zero attached hydrogens (tertiary/aromatic N) is 2. The molecule has 0 unspecified atom stereocenters. The Morgan fingerprint density at radius 1 is 1.25 bits per heavy atom. The third kappa shape index (κ3) is 5.44. The molecule has 4 rings (SSSR count). The molecule has 0 atom stereocenters. The second-order valence-electron chi connectivity index (χ2n) is 8.22. The molecular formula is C24H30N4O4. The van der Waals surface area contributed by atoms with Crippen LogP contribution < -0.4 is 10.1 Å². The molecule has 2 heterocycles. The Balaban J connectivity index is 1.58. The summed E-state index contributed by atoms with van der Waals surface area (Å²) in [6, 6.07) is 10.9. The van der Waals surface area contributed by atoms with Crippen molar-refractivity contribution in [1.29, 1.82) is 5.41 Å². The molecule has 3 N–H and O–H groups in total. The smallest absolute Gasteiger partial charge is 0.354 e. The second kappa shape index (κ2) is 10.6. The lowest BCUT2D eigenvalue weighted by molar-refractivity contribution is 0.0358. The molecular weight excluding hydrogens is 408 g/mol. The van der Waals surface area contributed by atoms with Crippen molar-refractivity contribution in [3.8, 4) is 5.75 Å². The van der Waals surface area contributed by atoms with Crippen LogP contribution >= 0.6 is 0 Å². The Morgan fingerprint density at radius 3 is 2.66 bits per heavy atom. The minimum atomic E-state index is -1.12. The largest absolute Gasteiger partial charge is 0.493 e. The van der Waals surface area contributed by atoms with Crippen molar-refractivity contribution in [2.75, 3.05) is 44.8 Å². The van der Waals surface area contributed by atoms with Gasteiger partial charge in [-0.1, -0.05) is 24.6 Å². The number of carbonyl (C=O) groups is 1. The maximum atomic E-state index is 11.8. The number of para-hydroxylation sites is 1. The van der Waals surface area contributed by atoms with E-state index in [-0.39, 0.29) is 11.6 Å². The Kier molecular flexibility index (Phi) is 7.34. The van der Waals surface area contributed by atoms with Crippen molar-refractivity contribution < 1.29 is 19.4 Å². The summed E-state index contributed by atoms with van der Waals surface area (Å²) in [5, 5.41) is 21.7. The molecule has 8 nitrogen and oxygen atoms in total. The Labute approximate surface area is 188 Å². The van der Waals surface area contributed by atoms with Gasteiger partial charge in [0.25, 0.3) is 0 Å². The van der Waals surface area contributed by atoms with Gasteiger partial charge in [-0.2, -0.15) is 0 Å². The number of anilines is 2. The summed E-state index contributed by atoms with van der Waals surface area (Å²) in [5.41, 5.74) is 1.71. The molecule has 2 fully saturated rings. The van der Waals surface area contributed by atoms with E-state index in [0.29, 0.717) is 29.4 Å². The van der Waals surface area contributed by atoms with Gasteiger partial charge in [-0.25, -0.2) is 9.78 Å². The van der Waals surface area contributed by atoms with Gasteiger partial charge in [0.2, 0.25) is 0 Å². The zero-order valence-corrected chi connectivity index (χ0v) is 18.2. The normalized spacial score (nSPS) is 16.9. The summed E-state index contributed by atoms with van der Waals surface area (Å²) in [6.07, 6.45) is 3.83. The molecule has 0 spiro atoms. The number of ether oxygens (including phenoxy) is 2. The van der Waals surface area contributed by atoms with Gasteiger partial charge in [0, 0.05) is 43.0 Å². The monoisotopic (exact) mass is 438 g/mol. The minimum Gasteiger partial charge on any atom is -0.493 e. The molecule has 1 aromatic heterocycles. The maximum Gasteiger partial charge on any atom is 0.354 e. The first-order valence-electron chi connectivity index (χ1n) is 11.2.